The molecular weight excluding hydrogens is 382 g/mol. The second kappa shape index (κ2) is 9.03. The number of benzene rings is 1. The normalized spacial score (nSPS) is 13.8. The third kappa shape index (κ3) is 4.64. The molecule has 0 saturated carbocycles. The molecule has 1 aliphatic rings. The van der Waals surface area contributed by atoms with Crippen LogP contribution < -0.4 is 0 Å². The highest BCUT2D eigenvalue weighted by atomic mass is 16.5. The van der Waals surface area contributed by atoms with Gasteiger partial charge in [-0.25, -0.2) is 0 Å². The predicted molar refractivity (Wildman–Crippen MR) is 111 cm³/mol. The molecule has 0 bridgehead atoms. The molecule has 1 aliphatic carbocycles. The van der Waals surface area contributed by atoms with Crippen molar-refractivity contribution in [1.82, 2.24) is 4.90 Å². The van der Waals surface area contributed by atoms with E-state index in [0.29, 0.717) is 12.3 Å². The highest BCUT2D eigenvalue weighted by molar-refractivity contribution is 5.87. The second-order valence-electron chi connectivity index (χ2n) is 7.60. The number of ether oxygens (including phenoxy) is 1. The SMILES string of the molecule is Cc1ccc2c(CC(=O)OCC(=O)N(Cc3ccco3)C3=CCCCC3)coc2c1. The Labute approximate surface area is 175 Å². The summed E-state index contributed by atoms with van der Waals surface area (Å²) >= 11 is 0. The summed E-state index contributed by atoms with van der Waals surface area (Å²) in [7, 11) is 0. The van der Waals surface area contributed by atoms with Crippen molar-refractivity contribution in [3.8, 4) is 0 Å². The molecule has 0 fully saturated rings. The van der Waals surface area contributed by atoms with E-state index in [1.807, 2.05) is 31.2 Å². The summed E-state index contributed by atoms with van der Waals surface area (Å²) in [6.07, 6.45) is 9.26. The van der Waals surface area contributed by atoms with Crippen LogP contribution in [0.15, 0.2) is 63.5 Å². The summed E-state index contributed by atoms with van der Waals surface area (Å²) in [5.41, 5.74) is 3.55. The Morgan fingerprint density at radius 3 is 2.83 bits per heavy atom. The van der Waals surface area contributed by atoms with Crippen LogP contribution in [0.4, 0.5) is 0 Å². The Balaban J connectivity index is 1.39. The zero-order valence-corrected chi connectivity index (χ0v) is 17.1. The zero-order chi connectivity index (χ0) is 20.9. The summed E-state index contributed by atoms with van der Waals surface area (Å²) in [4.78, 5) is 26.9. The Bertz CT molecular complexity index is 1060. The number of rotatable bonds is 7. The highest BCUT2D eigenvalue weighted by Crippen LogP contribution is 2.24. The second-order valence-corrected chi connectivity index (χ2v) is 7.60. The van der Waals surface area contributed by atoms with Crippen LogP contribution in [0.2, 0.25) is 0 Å². The molecular formula is C24H25NO5. The van der Waals surface area contributed by atoms with E-state index in [4.69, 9.17) is 13.6 Å². The van der Waals surface area contributed by atoms with Gasteiger partial charge in [-0.2, -0.15) is 0 Å². The fourth-order valence-corrected chi connectivity index (χ4v) is 3.73. The van der Waals surface area contributed by atoms with Gasteiger partial charge in [-0.05, 0) is 56.4 Å². The van der Waals surface area contributed by atoms with Crippen LogP contribution in [0.5, 0.6) is 0 Å². The standard InChI is InChI=1S/C24H25NO5/c1-17-9-10-21-18(15-29-22(21)12-17)13-24(27)30-16-23(26)25(14-20-8-5-11-28-20)19-6-3-2-4-7-19/h5-6,8-12,15H,2-4,7,13-14,16H2,1H3. The minimum atomic E-state index is -0.456. The molecule has 1 aromatic carbocycles. The number of hydrogen-bond donors (Lipinski definition) is 0. The molecule has 6 nitrogen and oxygen atoms in total. The van der Waals surface area contributed by atoms with Crippen LogP contribution in [-0.2, 0) is 27.3 Å². The van der Waals surface area contributed by atoms with Crippen molar-refractivity contribution in [2.75, 3.05) is 6.61 Å². The number of carbonyl (C=O) groups is 2. The van der Waals surface area contributed by atoms with E-state index in [9.17, 15) is 9.59 Å². The molecule has 0 spiro atoms. The van der Waals surface area contributed by atoms with E-state index in [2.05, 4.69) is 6.08 Å². The van der Waals surface area contributed by atoms with E-state index in [-0.39, 0.29) is 18.9 Å². The first-order valence-electron chi connectivity index (χ1n) is 10.2. The van der Waals surface area contributed by atoms with Gasteiger partial charge in [0.2, 0.25) is 0 Å². The van der Waals surface area contributed by atoms with Gasteiger partial charge in [-0.3, -0.25) is 9.59 Å². The maximum Gasteiger partial charge on any atom is 0.310 e. The maximum absolute atomic E-state index is 12.9. The summed E-state index contributed by atoms with van der Waals surface area (Å²) in [5, 5.41) is 0.885. The molecule has 6 heteroatoms. The summed E-state index contributed by atoms with van der Waals surface area (Å²) in [6.45, 7) is 2.02. The van der Waals surface area contributed by atoms with Crippen LogP contribution in [0.3, 0.4) is 0 Å². The number of allylic oxidation sites excluding steroid dienone is 2. The van der Waals surface area contributed by atoms with Gasteiger partial charge in [0.05, 0.1) is 25.5 Å². The van der Waals surface area contributed by atoms with Crippen molar-refractivity contribution in [1.29, 1.82) is 0 Å². The van der Waals surface area contributed by atoms with E-state index in [0.717, 1.165) is 53.5 Å². The minimum absolute atomic E-state index is 0.0597. The fourth-order valence-electron chi connectivity index (χ4n) is 3.73. The van der Waals surface area contributed by atoms with Crippen molar-refractivity contribution in [2.24, 2.45) is 0 Å². The predicted octanol–water partition coefficient (Wildman–Crippen LogP) is 4.91. The molecule has 156 valence electrons. The molecule has 1 amide bonds. The number of fused-ring (bicyclic) bond motifs is 1. The van der Waals surface area contributed by atoms with Crippen molar-refractivity contribution < 1.29 is 23.2 Å². The van der Waals surface area contributed by atoms with Gasteiger partial charge < -0.3 is 18.5 Å². The lowest BCUT2D eigenvalue weighted by atomic mass is 10.0. The molecule has 0 atom stereocenters. The molecule has 0 unspecified atom stereocenters. The van der Waals surface area contributed by atoms with E-state index in [1.54, 1.807) is 23.5 Å². The van der Waals surface area contributed by atoms with Crippen molar-refractivity contribution in [3.63, 3.8) is 0 Å². The third-order valence-corrected chi connectivity index (χ3v) is 5.31. The molecule has 0 radical (unpaired) electrons. The maximum atomic E-state index is 12.9. The monoisotopic (exact) mass is 407 g/mol. The van der Waals surface area contributed by atoms with Crippen molar-refractivity contribution in [3.05, 3.63) is 71.5 Å². The lowest BCUT2D eigenvalue weighted by Gasteiger charge is -2.26. The number of esters is 1. The first-order valence-corrected chi connectivity index (χ1v) is 10.2. The molecule has 0 N–H and O–H groups in total. The highest BCUT2D eigenvalue weighted by Gasteiger charge is 2.22. The quantitative estimate of drug-likeness (QED) is 0.521. The van der Waals surface area contributed by atoms with Gasteiger partial charge in [0, 0.05) is 16.6 Å². The van der Waals surface area contributed by atoms with Crippen LogP contribution in [0.25, 0.3) is 11.0 Å². The van der Waals surface area contributed by atoms with Gasteiger partial charge >= 0.3 is 5.97 Å². The lowest BCUT2D eigenvalue weighted by Crippen LogP contribution is -2.34. The molecule has 2 heterocycles. The average Bonchev–Trinajstić information content (AvgIpc) is 3.41. The number of aryl methyl sites for hydroxylation is 1. The van der Waals surface area contributed by atoms with Crippen LogP contribution in [0.1, 0.15) is 42.6 Å². The zero-order valence-electron chi connectivity index (χ0n) is 17.1. The summed E-state index contributed by atoms with van der Waals surface area (Å²) in [6, 6.07) is 9.46. The van der Waals surface area contributed by atoms with E-state index >= 15 is 0 Å². The number of amides is 1. The Hall–Kier alpha value is -3.28. The van der Waals surface area contributed by atoms with Crippen molar-refractivity contribution >= 4 is 22.8 Å². The largest absolute Gasteiger partial charge is 0.467 e. The molecule has 2 aromatic heterocycles. The average molecular weight is 407 g/mol. The van der Waals surface area contributed by atoms with Gasteiger partial charge in [0.15, 0.2) is 6.61 Å². The Morgan fingerprint density at radius 1 is 1.17 bits per heavy atom. The van der Waals surface area contributed by atoms with E-state index in [1.165, 1.54) is 0 Å². The molecule has 30 heavy (non-hydrogen) atoms. The van der Waals surface area contributed by atoms with Crippen LogP contribution in [0, 0.1) is 6.92 Å². The smallest absolute Gasteiger partial charge is 0.310 e. The summed E-state index contributed by atoms with van der Waals surface area (Å²) in [5.74, 6) is -0.0101. The van der Waals surface area contributed by atoms with Gasteiger partial charge in [0.1, 0.15) is 11.3 Å². The van der Waals surface area contributed by atoms with Crippen LogP contribution >= 0.6 is 0 Å². The van der Waals surface area contributed by atoms with Gasteiger partial charge in [0.25, 0.3) is 5.91 Å². The van der Waals surface area contributed by atoms with Crippen LogP contribution in [-0.4, -0.2) is 23.4 Å². The van der Waals surface area contributed by atoms with E-state index < -0.39 is 5.97 Å². The fraction of sp³-hybridized carbons (Fsp3) is 0.333. The van der Waals surface area contributed by atoms with Gasteiger partial charge in [-0.15, -0.1) is 0 Å². The number of nitrogens with zero attached hydrogens (tertiary/aromatic N) is 1. The Morgan fingerprint density at radius 2 is 2.07 bits per heavy atom. The lowest BCUT2D eigenvalue weighted by molar-refractivity contribution is -0.151. The Kier molecular flexibility index (Phi) is 6.02. The van der Waals surface area contributed by atoms with Gasteiger partial charge in [-0.1, -0.05) is 18.2 Å². The van der Waals surface area contributed by atoms with Crippen molar-refractivity contribution in [2.45, 2.75) is 45.6 Å². The first-order chi connectivity index (χ1) is 14.6. The topological polar surface area (TPSA) is 72.9 Å². The third-order valence-electron chi connectivity index (χ3n) is 5.31. The summed E-state index contributed by atoms with van der Waals surface area (Å²) < 4.78 is 16.3. The molecule has 4 rings (SSSR count). The number of furan rings is 2. The molecule has 0 aliphatic heterocycles. The minimum Gasteiger partial charge on any atom is -0.467 e. The first kappa shape index (κ1) is 20.0. The number of carbonyl (C=O) groups excluding carboxylic acids is 2. The number of hydrogen-bond acceptors (Lipinski definition) is 5. The molecule has 0 saturated heterocycles. The molecule has 3 aromatic rings.